The minimum atomic E-state index is -2.42. The van der Waals surface area contributed by atoms with Crippen LogP contribution in [0.25, 0.3) is 0 Å². The van der Waals surface area contributed by atoms with Crippen molar-refractivity contribution in [1.82, 2.24) is 14.9 Å². The van der Waals surface area contributed by atoms with E-state index < -0.39 is 6.43 Å². The number of hydrogen-bond donors (Lipinski definition) is 0. The lowest BCUT2D eigenvalue weighted by Gasteiger charge is -2.31. The van der Waals surface area contributed by atoms with Crippen LogP contribution >= 0.6 is 0 Å². The van der Waals surface area contributed by atoms with Gasteiger partial charge in [-0.2, -0.15) is 0 Å². The summed E-state index contributed by atoms with van der Waals surface area (Å²) in [4.78, 5) is 10.4. The summed E-state index contributed by atoms with van der Waals surface area (Å²) >= 11 is 0. The third kappa shape index (κ3) is 4.45. The van der Waals surface area contributed by atoms with E-state index in [-0.39, 0.29) is 11.7 Å². The van der Waals surface area contributed by atoms with Crippen LogP contribution in [0.1, 0.15) is 30.4 Å². The molecule has 1 aliphatic heterocycles. The molecule has 4 nitrogen and oxygen atoms in total. The number of rotatable bonds is 5. The second-order valence-electron chi connectivity index (χ2n) is 5.68. The van der Waals surface area contributed by atoms with Gasteiger partial charge in [0.1, 0.15) is 6.10 Å². The molecule has 2 aromatic rings. The van der Waals surface area contributed by atoms with E-state index in [1.165, 1.54) is 6.07 Å². The molecule has 0 N–H and O–H groups in total. The normalized spacial score (nSPS) is 16.7. The Bertz CT molecular complexity index is 616. The molecule has 0 spiro atoms. The van der Waals surface area contributed by atoms with Crippen molar-refractivity contribution in [2.24, 2.45) is 0 Å². The van der Waals surface area contributed by atoms with E-state index in [4.69, 9.17) is 4.74 Å². The molecule has 1 saturated heterocycles. The molecule has 0 aliphatic carbocycles. The quantitative estimate of drug-likeness (QED) is 0.846. The Balaban J connectivity index is 1.50. The average molecular weight is 319 g/mol. The van der Waals surface area contributed by atoms with Gasteiger partial charge >= 0.3 is 0 Å². The zero-order valence-corrected chi connectivity index (χ0v) is 12.7. The zero-order chi connectivity index (χ0) is 16.1. The Morgan fingerprint density at radius 1 is 1.22 bits per heavy atom. The van der Waals surface area contributed by atoms with Crippen LogP contribution in [0.15, 0.2) is 42.9 Å². The first kappa shape index (κ1) is 15.8. The van der Waals surface area contributed by atoms with Crippen LogP contribution in [-0.4, -0.2) is 34.1 Å². The first-order chi connectivity index (χ1) is 11.2. The number of hydrogen-bond acceptors (Lipinski definition) is 4. The van der Waals surface area contributed by atoms with Gasteiger partial charge in [-0.25, -0.2) is 13.8 Å². The molecule has 3 rings (SSSR count). The van der Waals surface area contributed by atoms with E-state index >= 15 is 0 Å². The number of benzene rings is 1. The molecule has 0 amide bonds. The molecule has 1 fully saturated rings. The van der Waals surface area contributed by atoms with Gasteiger partial charge in [0.05, 0.1) is 6.20 Å². The second kappa shape index (κ2) is 7.46. The monoisotopic (exact) mass is 319 g/mol. The summed E-state index contributed by atoms with van der Waals surface area (Å²) in [5.74, 6) is 0.551. The van der Waals surface area contributed by atoms with Crippen LogP contribution in [0.3, 0.4) is 0 Å². The fourth-order valence-corrected chi connectivity index (χ4v) is 2.79. The highest BCUT2D eigenvalue weighted by molar-refractivity contribution is 5.24. The molecule has 6 heteroatoms. The lowest BCUT2D eigenvalue weighted by atomic mass is 10.1. The van der Waals surface area contributed by atoms with Crippen molar-refractivity contribution < 1.29 is 13.5 Å². The molecule has 0 bridgehead atoms. The van der Waals surface area contributed by atoms with Crippen molar-refractivity contribution in [2.45, 2.75) is 31.9 Å². The van der Waals surface area contributed by atoms with Crippen molar-refractivity contribution in [3.05, 3.63) is 54.0 Å². The standard InChI is InChI=1S/C17H19F2N3O/c18-17(19)14-3-1-2-13(10-14)12-22-8-4-15(5-9-22)23-16-11-20-6-7-21-16/h1-3,6-7,10-11,15,17H,4-5,8-9,12H2. The SMILES string of the molecule is FC(F)c1cccc(CN2CCC(Oc3cnccn3)CC2)c1. The highest BCUT2D eigenvalue weighted by Gasteiger charge is 2.21. The fraction of sp³-hybridized carbons (Fsp3) is 0.412. The zero-order valence-electron chi connectivity index (χ0n) is 12.7. The maximum atomic E-state index is 12.7. The largest absolute Gasteiger partial charge is 0.473 e. The summed E-state index contributed by atoms with van der Waals surface area (Å²) in [6.07, 6.45) is 4.35. The van der Waals surface area contributed by atoms with Crippen LogP contribution in [0, 0.1) is 0 Å². The summed E-state index contributed by atoms with van der Waals surface area (Å²) in [7, 11) is 0. The van der Waals surface area contributed by atoms with E-state index in [0.717, 1.165) is 31.5 Å². The molecule has 1 aromatic carbocycles. The van der Waals surface area contributed by atoms with Gasteiger partial charge in [0.15, 0.2) is 0 Å². The molecular formula is C17H19F2N3O. The van der Waals surface area contributed by atoms with Gasteiger partial charge in [-0.3, -0.25) is 9.88 Å². The lowest BCUT2D eigenvalue weighted by Crippen LogP contribution is -2.37. The van der Waals surface area contributed by atoms with Crippen molar-refractivity contribution >= 4 is 0 Å². The first-order valence-corrected chi connectivity index (χ1v) is 7.73. The third-order valence-electron chi connectivity index (χ3n) is 3.97. The van der Waals surface area contributed by atoms with E-state index in [1.54, 1.807) is 30.7 Å². The molecule has 1 aromatic heterocycles. The number of ether oxygens (including phenoxy) is 1. The first-order valence-electron chi connectivity index (χ1n) is 7.73. The molecule has 0 unspecified atom stereocenters. The highest BCUT2D eigenvalue weighted by Crippen LogP contribution is 2.22. The topological polar surface area (TPSA) is 38.2 Å². The highest BCUT2D eigenvalue weighted by atomic mass is 19.3. The maximum Gasteiger partial charge on any atom is 0.263 e. The minimum Gasteiger partial charge on any atom is -0.473 e. The van der Waals surface area contributed by atoms with Gasteiger partial charge in [-0.1, -0.05) is 18.2 Å². The van der Waals surface area contributed by atoms with E-state index in [2.05, 4.69) is 14.9 Å². The number of halogens is 2. The Morgan fingerprint density at radius 3 is 2.74 bits per heavy atom. The van der Waals surface area contributed by atoms with Crippen LogP contribution < -0.4 is 4.74 Å². The molecule has 0 atom stereocenters. The van der Waals surface area contributed by atoms with Gasteiger partial charge in [0.25, 0.3) is 6.43 Å². The molecule has 0 radical (unpaired) electrons. The Hall–Kier alpha value is -2.08. The van der Waals surface area contributed by atoms with Gasteiger partial charge in [-0.05, 0) is 24.5 Å². The van der Waals surface area contributed by atoms with Crippen molar-refractivity contribution in [3.8, 4) is 5.88 Å². The summed E-state index contributed by atoms with van der Waals surface area (Å²) < 4.78 is 31.3. The van der Waals surface area contributed by atoms with Gasteiger partial charge < -0.3 is 4.74 Å². The van der Waals surface area contributed by atoms with Crippen molar-refractivity contribution in [2.75, 3.05) is 13.1 Å². The van der Waals surface area contributed by atoms with Gasteiger partial charge in [0.2, 0.25) is 5.88 Å². The predicted molar refractivity (Wildman–Crippen MR) is 82.4 cm³/mol. The van der Waals surface area contributed by atoms with Crippen LogP contribution in [-0.2, 0) is 6.54 Å². The maximum absolute atomic E-state index is 12.7. The molecule has 23 heavy (non-hydrogen) atoms. The van der Waals surface area contributed by atoms with Crippen molar-refractivity contribution in [3.63, 3.8) is 0 Å². The third-order valence-corrected chi connectivity index (χ3v) is 3.97. The number of piperidine rings is 1. The molecule has 2 heterocycles. The molecule has 122 valence electrons. The van der Waals surface area contributed by atoms with Gasteiger partial charge in [0, 0.05) is 37.6 Å². The molecule has 0 saturated carbocycles. The smallest absolute Gasteiger partial charge is 0.263 e. The summed E-state index contributed by atoms with van der Waals surface area (Å²) in [5.41, 5.74) is 1.01. The number of nitrogens with zero attached hydrogens (tertiary/aromatic N) is 3. The Kier molecular flexibility index (Phi) is 5.12. The van der Waals surface area contributed by atoms with E-state index in [9.17, 15) is 8.78 Å². The lowest BCUT2D eigenvalue weighted by molar-refractivity contribution is 0.0928. The molecule has 1 aliphatic rings. The number of alkyl halides is 2. The molecular weight excluding hydrogens is 300 g/mol. The predicted octanol–water partition coefficient (Wildman–Crippen LogP) is 3.46. The Labute approximate surface area is 134 Å². The summed E-state index contributed by atoms with van der Waals surface area (Å²) in [5, 5.41) is 0. The number of likely N-dealkylation sites (tertiary alicyclic amines) is 1. The average Bonchev–Trinajstić information content (AvgIpc) is 2.58. The van der Waals surface area contributed by atoms with Crippen LogP contribution in [0.2, 0.25) is 0 Å². The van der Waals surface area contributed by atoms with Gasteiger partial charge in [-0.15, -0.1) is 0 Å². The minimum absolute atomic E-state index is 0.0865. The summed E-state index contributed by atoms with van der Waals surface area (Å²) in [6, 6.07) is 6.65. The second-order valence-corrected chi connectivity index (χ2v) is 5.68. The van der Waals surface area contributed by atoms with E-state index in [0.29, 0.717) is 12.4 Å². The Morgan fingerprint density at radius 2 is 2.04 bits per heavy atom. The van der Waals surface area contributed by atoms with Crippen molar-refractivity contribution in [1.29, 1.82) is 0 Å². The summed E-state index contributed by atoms with van der Waals surface area (Å²) in [6.45, 7) is 2.45. The van der Waals surface area contributed by atoms with Crippen LogP contribution in [0.5, 0.6) is 5.88 Å². The fourth-order valence-electron chi connectivity index (χ4n) is 2.79. The van der Waals surface area contributed by atoms with E-state index in [1.807, 2.05) is 6.07 Å². The van der Waals surface area contributed by atoms with Crippen LogP contribution in [0.4, 0.5) is 8.78 Å². The number of aromatic nitrogens is 2.